The molecule has 1 atom stereocenters. The second-order valence-corrected chi connectivity index (χ2v) is 4.47. The Morgan fingerprint density at radius 2 is 1.69 bits per heavy atom. The van der Waals surface area contributed by atoms with Gasteiger partial charge in [-0.25, -0.2) is 0 Å². The molecule has 0 amide bonds. The predicted molar refractivity (Wildman–Crippen MR) is 64.3 cm³/mol. The summed E-state index contributed by atoms with van der Waals surface area (Å²) >= 11 is 0. The van der Waals surface area contributed by atoms with Crippen LogP contribution >= 0.6 is 0 Å². The summed E-state index contributed by atoms with van der Waals surface area (Å²) < 4.78 is 10.4. The standard InChI is InChI=1S/C13H20O3/c1-9(14)13(2,3)10-6-7-11(15-4)12(8-10)16-5/h6-9,14H,1-5H3. The van der Waals surface area contributed by atoms with Crippen molar-refractivity contribution in [2.75, 3.05) is 14.2 Å². The van der Waals surface area contributed by atoms with E-state index in [1.54, 1.807) is 21.1 Å². The first kappa shape index (κ1) is 12.8. The maximum atomic E-state index is 9.75. The lowest BCUT2D eigenvalue weighted by Crippen LogP contribution is -2.30. The summed E-state index contributed by atoms with van der Waals surface area (Å²) in [6.07, 6.45) is -0.425. The molecular formula is C13H20O3. The summed E-state index contributed by atoms with van der Waals surface area (Å²) in [4.78, 5) is 0. The van der Waals surface area contributed by atoms with Crippen LogP contribution in [0.2, 0.25) is 0 Å². The molecule has 0 bridgehead atoms. The van der Waals surface area contributed by atoms with Crippen molar-refractivity contribution in [3.63, 3.8) is 0 Å². The van der Waals surface area contributed by atoms with E-state index in [0.29, 0.717) is 11.5 Å². The van der Waals surface area contributed by atoms with Gasteiger partial charge in [0.25, 0.3) is 0 Å². The molecule has 0 aliphatic heterocycles. The van der Waals surface area contributed by atoms with E-state index in [9.17, 15) is 5.11 Å². The van der Waals surface area contributed by atoms with Crippen molar-refractivity contribution in [3.8, 4) is 11.5 Å². The molecule has 1 aromatic carbocycles. The molecule has 16 heavy (non-hydrogen) atoms. The van der Waals surface area contributed by atoms with Gasteiger partial charge in [-0.3, -0.25) is 0 Å². The molecule has 1 N–H and O–H groups in total. The molecule has 0 heterocycles. The summed E-state index contributed by atoms with van der Waals surface area (Å²) in [5.74, 6) is 1.39. The summed E-state index contributed by atoms with van der Waals surface area (Å²) in [7, 11) is 3.22. The number of hydrogen-bond acceptors (Lipinski definition) is 3. The second-order valence-electron chi connectivity index (χ2n) is 4.47. The lowest BCUT2D eigenvalue weighted by Gasteiger charge is -2.29. The van der Waals surface area contributed by atoms with Gasteiger partial charge in [0.1, 0.15) is 0 Å². The van der Waals surface area contributed by atoms with E-state index in [2.05, 4.69) is 0 Å². The lowest BCUT2D eigenvalue weighted by atomic mass is 9.80. The van der Waals surface area contributed by atoms with Gasteiger partial charge in [-0.2, -0.15) is 0 Å². The second kappa shape index (κ2) is 4.74. The first-order valence-corrected chi connectivity index (χ1v) is 5.34. The van der Waals surface area contributed by atoms with E-state index < -0.39 is 6.10 Å². The zero-order valence-corrected chi connectivity index (χ0v) is 10.6. The molecule has 0 spiro atoms. The fourth-order valence-electron chi connectivity index (χ4n) is 1.48. The third kappa shape index (κ3) is 2.30. The maximum absolute atomic E-state index is 9.75. The Labute approximate surface area is 97.0 Å². The highest BCUT2D eigenvalue weighted by atomic mass is 16.5. The number of ether oxygens (including phenoxy) is 2. The van der Waals surface area contributed by atoms with Crippen LogP contribution in [0.25, 0.3) is 0 Å². The predicted octanol–water partition coefficient (Wildman–Crippen LogP) is 2.36. The Kier molecular flexibility index (Phi) is 3.81. The number of benzene rings is 1. The van der Waals surface area contributed by atoms with Crippen molar-refractivity contribution >= 4 is 0 Å². The van der Waals surface area contributed by atoms with Gasteiger partial charge in [-0.05, 0) is 24.6 Å². The molecule has 90 valence electrons. The van der Waals surface area contributed by atoms with Crippen LogP contribution < -0.4 is 9.47 Å². The van der Waals surface area contributed by atoms with E-state index in [0.717, 1.165) is 5.56 Å². The fraction of sp³-hybridized carbons (Fsp3) is 0.538. The summed E-state index contributed by atoms with van der Waals surface area (Å²) in [5.41, 5.74) is 0.722. The molecule has 0 saturated carbocycles. The number of hydrogen-bond donors (Lipinski definition) is 1. The van der Waals surface area contributed by atoms with Crippen LogP contribution in [0.3, 0.4) is 0 Å². The minimum atomic E-state index is -0.425. The minimum Gasteiger partial charge on any atom is -0.493 e. The van der Waals surface area contributed by atoms with Crippen molar-refractivity contribution in [2.24, 2.45) is 0 Å². The van der Waals surface area contributed by atoms with E-state index >= 15 is 0 Å². The molecule has 0 fully saturated rings. The third-order valence-corrected chi connectivity index (χ3v) is 3.17. The van der Waals surface area contributed by atoms with Crippen LogP contribution in [-0.2, 0) is 5.41 Å². The quantitative estimate of drug-likeness (QED) is 0.853. The van der Waals surface area contributed by atoms with Crippen molar-refractivity contribution in [1.29, 1.82) is 0 Å². The third-order valence-electron chi connectivity index (χ3n) is 3.17. The first-order chi connectivity index (χ1) is 7.43. The molecule has 3 nitrogen and oxygen atoms in total. The lowest BCUT2D eigenvalue weighted by molar-refractivity contribution is 0.118. The molecule has 0 aromatic heterocycles. The SMILES string of the molecule is COc1ccc(C(C)(C)C(C)O)cc1OC. The van der Waals surface area contributed by atoms with Crippen LogP contribution in [-0.4, -0.2) is 25.4 Å². The van der Waals surface area contributed by atoms with Gasteiger partial charge in [-0.15, -0.1) is 0 Å². The Bertz CT molecular complexity index is 356. The van der Waals surface area contributed by atoms with Crippen molar-refractivity contribution in [1.82, 2.24) is 0 Å². The molecule has 1 aromatic rings. The largest absolute Gasteiger partial charge is 0.493 e. The fourth-order valence-corrected chi connectivity index (χ4v) is 1.48. The highest BCUT2D eigenvalue weighted by molar-refractivity contribution is 5.45. The van der Waals surface area contributed by atoms with Gasteiger partial charge < -0.3 is 14.6 Å². The topological polar surface area (TPSA) is 38.7 Å². The average molecular weight is 224 g/mol. The molecule has 1 rings (SSSR count). The zero-order chi connectivity index (χ0) is 12.3. The Hall–Kier alpha value is -1.22. The molecular weight excluding hydrogens is 204 g/mol. The van der Waals surface area contributed by atoms with Crippen LogP contribution in [0.4, 0.5) is 0 Å². The van der Waals surface area contributed by atoms with Crippen LogP contribution in [0, 0.1) is 0 Å². The molecule has 1 unspecified atom stereocenters. The van der Waals surface area contributed by atoms with E-state index in [-0.39, 0.29) is 5.41 Å². The Morgan fingerprint density at radius 1 is 1.12 bits per heavy atom. The summed E-state index contributed by atoms with van der Waals surface area (Å²) in [6.45, 7) is 5.79. The Morgan fingerprint density at radius 3 is 2.12 bits per heavy atom. The van der Waals surface area contributed by atoms with Crippen molar-refractivity contribution < 1.29 is 14.6 Å². The Balaban J connectivity index is 3.17. The monoisotopic (exact) mass is 224 g/mol. The molecule has 0 aliphatic rings. The van der Waals surface area contributed by atoms with Gasteiger partial charge >= 0.3 is 0 Å². The normalized spacial score (nSPS) is 13.4. The van der Waals surface area contributed by atoms with E-state index in [4.69, 9.17) is 9.47 Å². The minimum absolute atomic E-state index is 0.306. The first-order valence-electron chi connectivity index (χ1n) is 5.34. The smallest absolute Gasteiger partial charge is 0.161 e. The maximum Gasteiger partial charge on any atom is 0.161 e. The van der Waals surface area contributed by atoms with Gasteiger partial charge in [-0.1, -0.05) is 19.9 Å². The van der Waals surface area contributed by atoms with Crippen LogP contribution in [0.5, 0.6) is 11.5 Å². The van der Waals surface area contributed by atoms with Crippen molar-refractivity contribution in [3.05, 3.63) is 23.8 Å². The van der Waals surface area contributed by atoms with Crippen LogP contribution in [0.15, 0.2) is 18.2 Å². The van der Waals surface area contributed by atoms with Gasteiger partial charge in [0.05, 0.1) is 20.3 Å². The van der Waals surface area contributed by atoms with E-state index in [1.165, 1.54) is 0 Å². The average Bonchev–Trinajstić information content (AvgIpc) is 2.27. The number of rotatable bonds is 4. The van der Waals surface area contributed by atoms with Gasteiger partial charge in [0, 0.05) is 5.41 Å². The van der Waals surface area contributed by atoms with Gasteiger partial charge in [0.15, 0.2) is 11.5 Å². The highest BCUT2D eigenvalue weighted by Crippen LogP contribution is 2.34. The van der Waals surface area contributed by atoms with Gasteiger partial charge in [0.2, 0.25) is 0 Å². The zero-order valence-electron chi connectivity index (χ0n) is 10.6. The number of aliphatic hydroxyl groups excluding tert-OH is 1. The van der Waals surface area contributed by atoms with Crippen LogP contribution in [0.1, 0.15) is 26.3 Å². The molecule has 3 heteroatoms. The number of methoxy groups -OCH3 is 2. The molecule has 0 saturated heterocycles. The molecule has 0 radical (unpaired) electrons. The number of aliphatic hydroxyl groups is 1. The van der Waals surface area contributed by atoms with Crippen molar-refractivity contribution in [2.45, 2.75) is 32.3 Å². The summed E-state index contributed by atoms with van der Waals surface area (Å²) in [5, 5.41) is 9.75. The molecule has 0 aliphatic carbocycles. The summed E-state index contributed by atoms with van der Waals surface area (Å²) in [6, 6.07) is 5.72. The highest BCUT2D eigenvalue weighted by Gasteiger charge is 2.27. The van der Waals surface area contributed by atoms with E-state index in [1.807, 2.05) is 32.0 Å².